The molecule has 0 bridgehead atoms. The minimum absolute atomic E-state index is 0.0252. The van der Waals surface area contributed by atoms with E-state index in [1.807, 2.05) is 0 Å². The summed E-state index contributed by atoms with van der Waals surface area (Å²) >= 11 is 0. The summed E-state index contributed by atoms with van der Waals surface area (Å²) in [5.41, 5.74) is 0.119. The minimum atomic E-state index is -0.340. The molecule has 3 N–H and O–H groups in total. The van der Waals surface area contributed by atoms with Crippen LogP contribution in [0.2, 0.25) is 0 Å². The predicted octanol–water partition coefficient (Wildman–Crippen LogP) is 1.48. The molecule has 4 nitrogen and oxygen atoms in total. The van der Waals surface area contributed by atoms with Crippen LogP contribution < -0.4 is 5.32 Å². The first-order valence-electron chi connectivity index (χ1n) is 5.38. The van der Waals surface area contributed by atoms with Gasteiger partial charge < -0.3 is 15.5 Å². The second-order valence-electron chi connectivity index (χ2n) is 4.38. The maximum atomic E-state index is 11.7. The normalized spacial score (nSPS) is 22.8. The SMILES string of the molecule is CC1CC1CNC(=O)c1cc(O)ccc1O. The number of benzene rings is 1. The molecule has 4 heteroatoms. The minimum Gasteiger partial charge on any atom is -0.508 e. The summed E-state index contributed by atoms with van der Waals surface area (Å²) < 4.78 is 0. The lowest BCUT2D eigenvalue weighted by Gasteiger charge is -2.06. The lowest BCUT2D eigenvalue weighted by molar-refractivity contribution is 0.0948. The van der Waals surface area contributed by atoms with Gasteiger partial charge in [0.1, 0.15) is 11.5 Å². The van der Waals surface area contributed by atoms with Crippen LogP contribution in [-0.2, 0) is 0 Å². The molecule has 1 aliphatic rings. The van der Waals surface area contributed by atoms with E-state index in [4.69, 9.17) is 0 Å². The highest BCUT2D eigenvalue weighted by Gasteiger charge is 2.32. The molecule has 1 saturated carbocycles. The predicted molar refractivity (Wildman–Crippen MR) is 59.4 cm³/mol. The standard InChI is InChI=1S/C12H15NO3/c1-7-4-8(7)6-13-12(16)10-5-9(14)2-3-11(10)15/h2-3,5,7-8,14-15H,4,6H2,1H3,(H,13,16). The summed E-state index contributed by atoms with van der Waals surface area (Å²) in [6.07, 6.45) is 1.15. The lowest BCUT2D eigenvalue weighted by Crippen LogP contribution is -2.25. The van der Waals surface area contributed by atoms with E-state index in [2.05, 4.69) is 12.2 Å². The van der Waals surface area contributed by atoms with Gasteiger partial charge in [-0.25, -0.2) is 0 Å². The van der Waals surface area contributed by atoms with Crippen molar-refractivity contribution in [1.82, 2.24) is 5.32 Å². The molecular weight excluding hydrogens is 206 g/mol. The molecule has 2 unspecified atom stereocenters. The van der Waals surface area contributed by atoms with Gasteiger partial charge in [0.25, 0.3) is 5.91 Å². The molecule has 86 valence electrons. The lowest BCUT2D eigenvalue weighted by atomic mass is 10.1. The van der Waals surface area contributed by atoms with E-state index in [0.29, 0.717) is 18.4 Å². The average Bonchev–Trinajstić information content (AvgIpc) is 2.95. The first-order valence-corrected chi connectivity index (χ1v) is 5.38. The van der Waals surface area contributed by atoms with E-state index in [1.165, 1.54) is 18.2 Å². The van der Waals surface area contributed by atoms with Gasteiger partial charge >= 0.3 is 0 Å². The molecule has 0 spiro atoms. The van der Waals surface area contributed by atoms with Crippen molar-refractivity contribution in [3.8, 4) is 11.5 Å². The van der Waals surface area contributed by atoms with E-state index < -0.39 is 0 Å². The Labute approximate surface area is 93.9 Å². The van der Waals surface area contributed by atoms with Gasteiger partial charge in [0.15, 0.2) is 0 Å². The van der Waals surface area contributed by atoms with Gasteiger partial charge in [-0.3, -0.25) is 4.79 Å². The van der Waals surface area contributed by atoms with Gasteiger partial charge in [0.05, 0.1) is 5.56 Å². The molecule has 0 radical (unpaired) electrons. The Morgan fingerprint density at radius 2 is 2.19 bits per heavy atom. The van der Waals surface area contributed by atoms with Crippen molar-refractivity contribution in [2.45, 2.75) is 13.3 Å². The second-order valence-corrected chi connectivity index (χ2v) is 4.38. The highest BCUT2D eigenvalue weighted by Crippen LogP contribution is 2.36. The number of phenolic OH excluding ortho intramolecular Hbond substituents is 2. The topological polar surface area (TPSA) is 69.6 Å². The summed E-state index contributed by atoms with van der Waals surface area (Å²) in [7, 11) is 0. The number of amides is 1. The van der Waals surface area contributed by atoms with Crippen LogP contribution in [0.25, 0.3) is 0 Å². The van der Waals surface area contributed by atoms with Crippen LogP contribution >= 0.6 is 0 Å². The number of hydrogen-bond donors (Lipinski definition) is 3. The first kappa shape index (κ1) is 10.8. The molecule has 2 atom stereocenters. The molecule has 1 amide bonds. The third kappa shape index (κ3) is 2.27. The average molecular weight is 221 g/mol. The highest BCUT2D eigenvalue weighted by molar-refractivity contribution is 5.97. The molecule has 16 heavy (non-hydrogen) atoms. The van der Waals surface area contributed by atoms with Crippen LogP contribution in [-0.4, -0.2) is 22.7 Å². The molecule has 0 saturated heterocycles. The Morgan fingerprint density at radius 3 is 2.81 bits per heavy atom. The van der Waals surface area contributed by atoms with Gasteiger partial charge in [0.2, 0.25) is 0 Å². The van der Waals surface area contributed by atoms with Crippen molar-refractivity contribution in [1.29, 1.82) is 0 Å². The maximum Gasteiger partial charge on any atom is 0.255 e. The van der Waals surface area contributed by atoms with Crippen LogP contribution in [0, 0.1) is 11.8 Å². The van der Waals surface area contributed by atoms with Crippen molar-refractivity contribution in [3.05, 3.63) is 23.8 Å². The molecule has 1 aromatic carbocycles. The smallest absolute Gasteiger partial charge is 0.255 e. The van der Waals surface area contributed by atoms with Crippen LogP contribution in [0.1, 0.15) is 23.7 Å². The fourth-order valence-electron chi connectivity index (χ4n) is 1.71. The number of carbonyl (C=O) groups is 1. The number of hydrogen-bond acceptors (Lipinski definition) is 3. The van der Waals surface area contributed by atoms with Crippen LogP contribution in [0.15, 0.2) is 18.2 Å². The number of rotatable bonds is 3. The summed E-state index contributed by atoms with van der Waals surface area (Å²) in [5, 5.41) is 21.4. The highest BCUT2D eigenvalue weighted by atomic mass is 16.3. The van der Waals surface area contributed by atoms with Crippen molar-refractivity contribution >= 4 is 5.91 Å². The summed E-state index contributed by atoms with van der Waals surface area (Å²) in [4.78, 5) is 11.7. The Balaban J connectivity index is 1.99. The van der Waals surface area contributed by atoms with Gasteiger partial charge in [-0.2, -0.15) is 0 Å². The number of phenols is 2. The van der Waals surface area contributed by atoms with Crippen molar-refractivity contribution in [3.63, 3.8) is 0 Å². The second kappa shape index (κ2) is 4.04. The number of carbonyl (C=O) groups excluding carboxylic acids is 1. The Kier molecular flexibility index (Phi) is 2.73. The molecule has 0 aromatic heterocycles. The third-order valence-corrected chi connectivity index (χ3v) is 3.03. The largest absolute Gasteiger partial charge is 0.508 e. The van der Waals surface area contributed by atoms with Crippen molar-refractivity contribution in [2.24, 2.45) is 11.8 Å². The zero-order valence-corrected chi connectivity index (χ0v) is 9.10. The van der Waals surface area contributed by atoms with Gasteiger partial charge in [-0.15, -0.1) is 0 Å². The zero-order valence-electron chi connectivity index (χ0n) is 9.10. The molecule has 1 aliphatic carbocycles. The fraction of sp³-hybridized carbons (Fsp3) is 0.417. The number of aromatic hydroxyl groups is 2. The summed E-state index contributed by atoms with van der Waals surface area (Å²) in [6.45, 7) is 2.78. The van der Waals surface area contributed by atoms with Gasteiger partial charge in [-0.1, -0.05) is 6.92 Å². The van der Waals surface area contributed by atoms with E-state index in [1.54, 1.807) is 0 Å². The molecule has 0 heterocycles. The van der Waals surface area contributed by atoms with Gasteiger partial charge in [-0.05, 0) is 36.5 Å². The molecule has 0 aliphatic heterocycles. The van der Waals surface area contributed by atoms with Crippen LogP contribution in [0.4, 0.5) is 0 Å². The monoisotopic (exact) mass is 221 g/mol. The maximum absolute atomic E-state index is 11.7. The van der Waals surface area contributed by atoms with E-state index >= 15 is 0 Å². The first-order chi connectivity index (χ1) is 7.58. The zero-order chi connectivity index (χ0) is 11.7. The Bertz CT molecular complexity index is 417. The molecular formula is C12H15NO3. The van der Waals surface area contributed by atoms with Crippen LogP contribution in [0.3, 0.4) is 0 Å². The van der Waals surface area contributed by atoms with E-state index in [9.17, 15) is 15.0 Å². The third-order valence-electron chi connectivity index (χ3n) is 3.03. The summed E-state index contributed by atoms with van der Waals surface area (Å²) in [6, 6.07) is 3.92. The Hall–Kier alpha value is -1.71. The quantitative estimate of drug-likeness (QED) is 0.677. The molecule has 2 rings (SSSR count). The molecule has 1 aromatic rings. The van der Waals surface area contributed by atoms with Crippen molar-refractivity contribution < 1.29 is 15.0 Å². The fourth-order valence-corrected chi connectivity index (χ4v) is 1.71. The van der Waals surface area contributed by atoms with Crippen molar-refractivity contribution in [2.75, 3.05) is 6.54 Å². The Morgan fingerprint density at radius 1 is 1.50 bits per heavy atom. The van der Waals surface area contributed by atoms with Crippen LogP contribution in [0.5, 0.6) is 11.5 Å². The van der Waals surface area contributed by atoms with Gasteiger partial charge in [0, 0.05) is 6.54 Å². The van der Waals surface area contributed by atoms with E-state index in [-0.39, 0.29) is 23.0 Å². The molecule has 1 fully saturated rings. The number of nitrogens with one attached hydrogen (secondary N) is 1. The summed E-state index contributed by atoms with van der Waals surface area (Å²) in [5.74, 6) is 0.760. The van der Waals surface area contributed by atoms with E-state index in [0.717, 1.165) is 6.42 Å².